The van der Waals surface area contributed by atoms with E-state index in [1.165, 1.54) is 29.0 Å². The third-order valence-corrected chi connectivity index (χ3v) is 6.61. The van der Waals surface area contributed by atoms with Gasteiger partial charge >= 0.3 is 12.6 Å². The second-order valence-corrected chi connectivity index (χ2v) is 9.00. The molecule has 0 aliphatic heterocycles. The first-order chi connectivity index (χ1) is 19.1. The number of nitrogens with one attached hydrogen (secondary N) is 2. The van der Waals surface area contributed by atoms with Gasteiger partial charge < -0.3 is 20.5 Å². The van der Waals surface area contributed by atoms with E-state index in [0.717, 1.165) is 23.3 Å². The summed E-state index contributed by atoms with van der Waals surface area (Å²) in [5, 5.41) is 18.9. The number of halogens is 3. The molecule has 2 heterocycles. The number of aromatic carboxylic acids is 1. The van der Waals surface area contributed by atoms with Gasteiger partial charge in [0.1, 0.15) is 17.7 Å². The highest BCUT2D eigenvalue weighted by Crippen LogP contribution is 2.35. The Morgan fingerprint density at radius 1 is 1.18 bits per heavy atom. The lowest BCUT2D eigenvalue weighted by atomic mass is 9.98. The van der Waals surface area contributed by atoms with Crippen molar-refractivity contribution in [2.24, 2.45) is 0 Å². The third kappa shape index (κ3) is 5.15. The van der Waals surface area contributed by atoms with Crippen molar-refractivity contribution in [2.45, 2.75) is 39.0 Å². The fourth-order valence-corrected chi connectivity index (χ4v) is 4.70. The van der Waals surface area contributed by atoms with Gasteiger partial charge in [0.15, 0.2) is 11.6 Å². The Bertz CT molecular complexity index is 1660. The number of aromatic nitrogens is 4. The Hall–Kier alpha value is -5.01. The third-order valence-electron chi connectivity index (χ3n) is 6.61. The molecule has 0 radical (unpaired) electrons. The van der Waals surface area contributed by atoms with Gasteiger partial charge in [-0.2, -0.15) is 23.4 Å². The topological polar surface area (TPSA) is 148 Å². The maximum Gasteiger partial charge on any atom is 0.387 e. The number of fused-ring (bicyclic) bond motifs is 2. The summed E-state index contributed by atoms with van der Waals surface area (Å²) in [4.78, 5) is 45.8. The molecule has 3 N–H and O–H groups in total. The second kappa shape index (κ2) is 10.6. The van der Waals surface area contributed by atoms with Crippen LogP contribution in [0.2, 0.25) is 0 Å². The number of carboxylic acids is 1. The normalized spacial score (nSPS) is 14.3. The van der Waals surface area contributed by atoms with Gasteiger partial charge in [0.2, 0.25) is 0 Å². The molecule has 1 aliphatic rings. The van der Waals surface area contributed by atoms with Crippen LogP contribution in [0.25, 0.3) is 5.78 Å². The number of ether oxygens (including phenoxy) is 1. The molecular weight excluding hydrogens is 533 g/mol. The number of carbonyl (C=O) groups excluding carboxylic acids is 2. The standard InChI is InChI=1S/C26H21F3N6O5/c1-12-14-5-7-18(16(14)4-3-15(12)24(38)39)33-23(37)20-9-19(34-26-31-11-32-35(20)26)22(36)30-10-13-2-6-17(27)21(8-13)40-25(28)29/h2-4,6,8-9,11,18,25H,5,7,10H2,1H3,(H,30,36)(H,33,37)(H,38,39)/t18-/m0/s1. The van der Waals surface area contributed by atoms with Crippen molar-refractivity contribution in [3.63, 3.8) is 0 Å². The molecule has 206 valence electrons. The number of amides is 2. The van der Waals surface area contributed by atoms with Gasteiger partial charge in [-0.1, -0.05) is 12.1 Å². The summed E-state index contributed by atoms with van der Waals surface area (Å²) >= 11 is 0. The zero-order valence-electron chi connectivity index (χ0n) is 20.8. The van der Waals surface area contributed by atoms with Crippen LogP contribution < -0.4 is 15.4 Å². The largest absolute Gasteiger partial charge is 0.478 e. The Labute approximate surface area is 224 Å². The van der Waals surface area contributed by atoms with E-state index in [2.05, 4.69) is 30.4 Å². The van der Waals surface area contributed by atoms with E-state index < -0.39 is 42.0 Å². The summed E-state index contributed by atoms with van der Waals surface area (Å²) in [5.41, 5.74) is 2.64. The number of carboxylic acid groups (broad SMARTS) is 1. The average Bonchev–Trinajstić information content (AvgIpc) is 3.55. The molecule has 0 spiro atoms. The minimum Gasteiger partial charge on any atom is -0.478 e. The number of hydrogen-bond acceptors (Lipinski definition) is 7. The van der Waals surface area contributed by atoms with Crippen LogP contribution in [0.15, 0.2) is 42.7 Å². The lowest BCUT2D eigenvalue weighted by molar-refractivity contribution is -0.0522. The molecule has 1 aliphatic carbocycles. The molecule has 0 fully saturated rings. The molecule has 0 bridgehead atoms. The molecule has 0 unspecified atom stereocenters. The van der Waals surface area contributed by atoms with Crippen LogP contribution in [0.1, 0.15) is 66.1 Å². The SMILES string of the molecule is Cc1c(C(=O)O)ccc2c1CC[C@@H]2NC(=O)c1cc(C(=O)NCc2ccc(F)c(OC(F)F)c2)nc2ncnn12. The first kappa shape index (κ1) is 26.6. The van der Waals surface area contributed by atoms with E-state index in [1.807, 2.05) is 0 Å². The Kier molecular flexibility index (Phi) is 7.07. The number of nitrogens with zero attached hydrogens (tertiary/aromatic N) is 4. The minimum absolute atomic E-state index is 0.0130. The first-order valence-corrected chi connectivity index (χ1v) is 12.0. The molecule has 0 saturated heterocycles. The highest BCUT2D eigenvalue weighted by Gasteiger charge is 2.29. The van der Waals surface area contributed by atoms with Crippen molar-refractivity contribution in [1.29, 1.82) is 0 Å². The zero-order chi connectivity index (χ0) is 28.6. The molecule has 40 heavy (non-hydrogen) atoms. The Morgan fingerprint density at radius 2 is 1.98 bits per heavy atom. The van der Waals surface area contributed by atoms with Gasteiger partial charge in [0.05, 0.1) is 11.6 Å². The van der Waals surface area contributed by atoms with Crippen LogP contribution in [-0.4, -0.2) is 49.1 Å². The van der Waals surface area contributed by atoms with Gasteiger partial charge in [-0.25, -0.2) is 14.2 Å². The monoisotopic (exact) mass is 554 g/mol. The summed E-state index contributed by atoms with van der Waals surface area (Å²) in [6, 6.07) is 7.31. The quantitative estimate of drug-likeness (QED) is 0.301. The molecule has 2 aromatic heterocycles. The summed E-state index contributed by atoms with van der Waals surface area (Å²) in [7, 11) is 0. The van der Waals surface area contributed by atoms with E-state index >= 15 is 0 Å². The van der Waals surface area contributed by atoms with E-state index in [4.69, 9.17) is 0 Å². The van der Waals surface area contributed by atoms with Crippen molar-refractivity contribution in [2.75, 3.05) is 0 Å². The van der Waals surface area contributed by atoms with Gasteiger partial charge in [-0.05, 0) is 60.2 Å². The molecule has 5 rings (SSSR count). The van der Waals surface area contributed by atoms with Crippen LogP contribution in [0.3, 0.4) is 0 Å². The molecule has 11 nitrogen and oxygen atoms in total. The fraction of sp³-hybridized carbons (Fsp3) is 0.231. The molecule has 4 aromatic rings. The van der Waals surface area contributed by atoms with Gasteiger partial charge in [0.25, 0.3) is 17.6 Å². The molecule has 14 heteroatoms. The van der Waals surface area contributed by atoms with Crippen LogP contribution in [0.4, 0.5) is 13.2 Å². The van der Waals surface area contributed by atoms with Crippen molar-refractivity contribution in [1.82, 2.24) is 30.2 Å². The zero-order valence-corrected chi connectivity index (χ0v) is 20.8. The summed E-state index contributed by atoms with van der Waals surface area (Å²) in [5.74, 6) is -3.94. The molecule has 0 saturated carbocycles. The van der Waals surface area contributed by atoms with E-state index in [0.29, 0.717) is 18.4 Å². The lowest BCUT2D eigenvalue weighted by Crippen LogP contribution is -2.30. The number of alkyl halides is 2. The van der Waals surface area contributed by atoms with E-state index in [1.54, 1.807) is 13.0 Å². The fourth-order valence-electron chi connectivity index (χ4n) is 4.70. The van der Waals surface area contributed by atoms with E-state index in [-0.39, 0.29) is 34.8 Å². The number of rotatable bonds is 8. The highest BCUT2D eigenvalue weighted by atomic mass is 19.3. The van der Waals surface area contributed by atoms with Gasteiger partial charge in [-0.15, -0.1) is 0 Å². The molecule has 2 amide bonds. The van der Waals surface area contributed by atoms with Crippen LogP contribution in [-0.2, 0) is 13.0 Å². The number of carbonyl (C=O) groups is 3. The maximum atomic E-state index is 13.7. The van der Waals surface area contributed by atoms with Gasteiger partial charge in [0, 0.05) is 12.6 Å². The molecular formula is C26H21F3N6O5. The Morgan fingerprint density at radius 3 is 2.73 bits per heavy atom. The van der Waals surface area contributed by atoms with E-state index in [9.17, 15) is 32.7 Å². The van der Waals surface area contributed by atoms with Crippen molar-refractivity contribution < 1.29 is 37.4 Å². The molecule has 2 aromatic carbocycles. The van der Waals surface area contributed by atoms with Crippen LogP contribution >= 0.6 is 0 Å². The van der Waals surface area contributed by atoms with Crippen LogP contribution in [0.5, 0.6) is 5.75 Å². The summed E-state index contributed by atoms with van der Waals surface area (Å²) in [6.45, 7) is -1.65. The first-order valence-electron chi connectivity index (χ1n) is 12.0. The summed E-state index contributed by atoms with van der Waals surface area (Å²) < 4.78 is 44.0. The Balaban J connectivity index is 1.35. The predicted octanol–water partition coefficient (Wildman–Crippen LogP) is 3.22. The number of hydrogen-bond donors (Lipinski definition) is 3. The van der Waals surface area contributed by atoms with Crippen molar-refractivity contribution in [3.8, 4) is 5.75 Å². The lowest BCUT2D eigenvalue weighted by Gasteiger charge is -2.16. The highest BCUT2D eigenvalue weighted by molar-refractivity contribution is 5.98. The van der Waals surface area contributed by atoms with Gasteiger partial charge in [-0.3, -0.25) is 9.59 Å². The second-order valence-electron chi connectivity index (χ2n) is 9.00. The van der Waals surface area contributed by atoms with Crippen LogP contribution in [0, 0.1) is 12.7 Å². The van der Waals surface area contributed by atoms with Crippen molar-refractivity contribution in [3.05, 3.63) is 87.7 Å². The maximum absolute atomic E-state index is 13.7. The predicted molar refractivity (Wildman–Crippen MR) is 132 cm³/mol. The number of benzene rings is 2. The average molecular weight is 554 g/mol. The summed E-state index contributed by atoms with van der Waals surface area (Å²) in [6.07, 6.45) is 2.31. The molecule has 1 atom stereocenters. The minimum atomic E-state index is -3.22. The van der Waals surface area contributed by atoms with Crippen molar-refractivity contribution >= 4 is 23.6 Å². The smallest absolute Gasteiger partial charge is 0.387 e.